The summed E-state index contributed by atoms with van der Waals surface area (Å²) in [6.07, 6.45) is 8.55. The van der Waals surface area contributed by atoms with E-state index in [2.05, 4.69) is 31.8 Å². The summed E-state index contributed by atoms with van der Waals surface area (Å²) in [6, 6.07) is 1.82. The summed E-state index contributed by atoms with van der Waals surface area (Å²) >= 11 is 1.18. The standard InChI is InChI=1S/C31H43NO5S/c1-20-6-11-26(21(2)16-20)29(33)32(23-9-7-22(8-10-23)18-37-24-13-15-36-19-24)27-17-25(12-14-31(3,4)5)38-28(27)30(34)35/h6,17,21-24,26H,7-11,13,15-16,18-19H2,1-5H3,(H,34,35)/t21-,22?,23?,24+,26-/m0/s1. The second-order valence-corrected chi connectivity index (χ2v) is 13.5. The van der Waals surface area contributed by atoms with Gasteiger partial charge in [-0.2, -0.15) is 0 Å². The SMILES string of the molecule is CC1=CC[C@H](C(=O)N(c2cc(C#CC(C)(C)C)sc2C(=O)O)C2CCC(CO[C@@H]3CCOC3)CC2)[C@@H](C)C1. The molecule has 1 amide bonds. The van der Waals surface area contributed by atoms with Gasteiger partial charge in [0.25, 0.3) is 0 Å². The molecule has 1 aromatic heterocycles. The summed E-state index contributed by atoms with van der Waals surface area (Å²) in [6.45, 7) is 12.5. The number of thiophene rings is 1. The van der Waals surface area contributed by atoms with E-state index in [1.54, 1.807) is 0 Å². The van der Waals surface area contributed by atoms with Gasteiger partial charge in [-0.3, -0.25) is 4.79 Å². The third-order valence-corrected chi connectivity index (χ3v) is 9.00. The van der Waals surface area contributed by atoms with Crippen LogP contribution in [0.1, 0.15) is 94.1 Å². The first kappa shape index (κ1) is 28.9. The van der Waals surface area contributed by atoms with Gasteiger partial charge in [0, 0.05) is 30.6 Å². The van der Waals surface area contributed by atoms with Crippen molar-refractivity contribution in [3.63, 3.8) is 0 Å². The predicted molar refractivity (Wildman–Crippen MR) is 152 cm³/mol. The zero-order valence-electron chi connectivity index (χ0n) is 23.5. The molecule has 0 unspecified atom stereocenters. The molecule has 4 rings (SSSR count). The molecule has 0 aromatic carbocycles. The molecule has 1 saturated carbocycles. The Morgan fingerprint density at radius 3 is 2.55 bits per heavy atom. The maximum Gasteiger partial charge on any atom is 0.348 e. The van der Waals surface area contributed by atoms with Crippen LogP contribution in [0.15, 0.2) is 17.7 Å². The van der Waals surface area contributed by atoms with Crippen molar-refractivity contribution in [2.24, 2.45) is 23.2 Å². The maximum absolute atomic E-state index is 14.2. The molecule has 2 fully saturated rings. The Hall–Kier alpha value is -2.14. The number of amides is 1. The third-order valence-electron chi connectivity index (χ3n) is 7.97. The van der Waals surface area contributed by atoms with Gasteiger partial charge in [0.05, 0.1) is 23.3 Å². The minimum Gasteiger partial charge on any atom is -0.477 e. The molecule has 3 atom stereocenters. The zero-order chi connectivity index (χ0) is 27.4. The number of allylic oxidation sites excluding steroid dienone is 2. The molecule has 0 bridgehead atoms. The third kappa shape index (κ3) is 7.28. The molecular weight excluding hydrogens is 498 g/mol. The van der Waals surface area contributed by atoms with Gasteiger partial charge in [-0.1, -0.05) is 30.4 Å². The fraction of sp³-hybridized carbons (Fsp3) is 0.677. The predicted octanol–water partition coefficient (Wildman–Crippen LogP) is 6.53. The van der Waals surface area contributed by atoms with Gasteiger partial charge >= 0.3 is 5.97 Å². The van der Waals surface area contributed by atoms with Crippen LogP contribution in [-0.2, 0) is 14.3 Å². The first-order valence-electron chi connectivity index (χ1n) is 14.1. The van der Waals surface area contributed by atoms with Crippen molar-refractivity contribution >= 4 is 28.9 Å². The van der Waals surface area contributed by atoms with Gasteiger partial charge in [0.1, 0.15) is 4.88 Å². The van der Waals surface area contributed by atoms with E-state index >= 15 is 0 Å². The highest BCUT2D eigenvalue weighted by molar-refractivity contribution is 7.15. The van der Waals surface area contributed by atoms with Crippen LogP contribution in [0.25, 0.3) is 0 Å². The highest BCUT2D eigenvalue weighted by atomic mass is 32.1. The topological polar surface area (TPSA) is 76.1 Å². The van der Waals surface area contributed by atoms with E-state index in [1.807, 2.05) is 31.7 Å². The molecule has 38 heavy (non-hydrogen) atoms. The Morgan fingerprint density at radius 2 is 1.95 bits per heavy atom. The summed E-state index contributed by atoms with van der Waals surface area (Å²) in [4.78, 5) is 29.4. The first-order valence-corrected chi connectivity index (χ1v) is 14.9. The summed E-state index contributed by atoms with van der Waals surface area (Å²) < 4.78 is 11.5. The van der Waals surface area contributed by atoms with Crippen LogP contribution in [0, 0.1) is 35.0 Å². The van der Waals surface area contributed by atoms with Crippen LogP contribution in [0.2, 0.25) is 0 Å². The first-order chi connectivity index (χ1) is 18.0. The van der Waals surface area contributed by atoms with Gasteiger partial charge in [-0.05, 0) is 90.5 Å². The molecule has 7 heteroatoms. The summed E-state index contributed by atoms with van der Waals surface area (Å²) in [5.41, 5.74) is 1.64. The number of aromatic carboxylic acids is 1. The molecular formula is C31H43NO5S. The molecule has 3 aliphatic rings. The summed E-state index contributed by atoms with van der Waals surface area (Å²) in [5.74, 6) is 5.98. The summed E-state index contributed by atoms with van der Waals surface area (Å²) in [5, 5.41) is 10.1. The molecule has 208 valence electrons. The number of hydrogen-bond acceptors (Lipinski definition) is 5. The lowest BCUT2D eigenvalue weighted by Crippen LogP contribution is -2.47. The Balaban J connectivity index is 1.59. The molecule has 2 aliphatic carbocycles. The average Bonchev–Trinajstić information content (AvgIpc) is 3.52. The average molecular weight is 542 g/mol. The van der Waals surface area contributed by atoms with Gasteiger partial charge < -0.3 is 19.5 Å². The van der Waals surface area contributed by atoms with Crippen molar-refractivity contribution < 1.29 is 24.2 Å². The molecule has 1 aliphatic heterocycles. The molecule has 1 aromatic rings. The number of carbonyl (C=O) groups is 2. The minimum atomic E-state index is -1.00. The normalized spacial score (nSPS) is 27.8. The number of rotatable bonds is 7. The number of hydrogen-bond donors (Lipinski definition) is 1. The fourth-order valence-electron chi connectivity index (χ4n) is 5.82. The largest absolute Gasteiger partial charge is 0.477 e. The zero-order valence-corrected chi connectivity index (χ0v) is 24.4. The number of nitrogens with zero attached hydrogens (tertiary/aromatic N) is 1. The number of carboxylic acid groups (broad SMARTS) is 1. The molecule has 6 nitrogen and oxygen atoms in total. The van der Waals surface area contributed by atoms with E-state index < -0.39 is 5.97 Å². The van der Waals surface area contributed by atoms with Crippen LogP contribution < -0.4 is 4.90 Å². The van der Waals surface area contributed by atoms with Crippen LogP contribution in [-0.4, -0.2) is 48.9 Å². The molecule has 1 saturated heterocycles. The van der Waals surface area contributed by atoms with Gasteiger partial charge in [-0.15, -0.1) is 11.3 Å². The van der Waals surface area contributed by atoms with Crippen LogP contribution in [0.5, 0.6) is 0 Å². The Kier molecular flexibility index (Phi) is 9.39. The van der Waals surface area contributed by atoms with Crippen molar-refractivity contribution in [3.8, 4) is 11.8 Å². The Bertz CT molecular complexity index is 1090. The lowest BCUT2D eigenvalue weighted by atomic mass is 9.79. The van der Waals surface area contributed by atoms with Crippen molar-refractivity contribution in [3.05, 3.63) is 27.5 Å². The highest BCUT2D eigenvalue weighted by Gasteiger charge is 2.39. The number of ether oxygens (including phenoxy) is 2. The van der Waals surface area contributed by atoms with Crippen LogP contribution >= 0.6 is 11.3 Å². The highest BCUT2D eigenvalue weighted by Crippen LogP contribution is 2.40. The van der Waals surface area contributed by atoms with Crippen molar-refractivity contribution in [1.29, 1.82) is 0 Å². The lowest BCUT2D eigenvalue weighted by molar-refractivity contribution is -0.124. The van der Waals surface area contributed by atoms with E-state index in [-0.39, 0.29) is 40.2 Å². The molecule has 0 radical (unpaired) electrons. The molecule has 2 heterocycles. The lowest BCUT2D eigenvalue weighted by Gasteiger charge is -2.40. The smallest absolute Gasteiger partial charge is 0.348 e. The van der Waals surface area contributed by atoms with Gasteiger partial charge in [0.15, 0.2) is 0 Å². The van der Waals surface area contributed by atoms with Crippen molar-refractivity contribution in [1.82, 2.24) is 0 Å². The van der Waals surface area contributed by atoms with Gasteiger partial charge in [-0.25, -0.2) is 4.79 Å². The molecule has 0 spiro atoms. The number of carbonyl (C=O) groups excluding carboxylic acids is 1. The summed E-state index contributed by atoms with van der Waals surface area (Å²) in [7, 11) is 0. The molecule has 1 N–H and O–H groups in total. The number of anilines is 1. The monoisotopic (exact) mass is 541 g/mol. The fourth-order valence-corrected chi connectivity index (χ4v) is 6.66. The van der Waals surface area contributed by atoms with Crippen molar-refractivity contribution in [2.45, 2.75) is 91.7 Å². The van der Waals surface area contributed by atoms with Crippen LogP contribution in [0.3, 0.4) is 0 Å². The van der Waals surface area contributed by atoms with E-state index in [9.17, 15) is 14.7 Å². The second kappa shape index (κ2) is 12.4. The van der Waals surface area contributed by atoms with Crippen LogP contribution in [0.4, 0.5) is 5.69 Å². The minimum absolute atomic E-state index is 0.0242. The maximum atomic E-state index is 14.2. The Morgan fingerprint density at radius 1 is 1.21 bits per heavy atom. The van der Waals surface area contributed by atoms with E-state index in [0.717, 1.165) is 51.7 Å². The van der Waals surface area contributed by atoms with E-state index in [0.29, 0.717) is 29.5 Å². The Labute approximate surface area is 231 Å². The number of carboxylic acids is 1. The van der Waals surface area contributed by atoms with Crippen molar-refractivity contribution in [2.75, 3.05) is 24.7 Å². The van der Waals surface area contributed by atoms with Gasteiger partial charge in [0.2, 0.25) is 5.91 Å². The van der Waals surface area contributed by atoms with E-state index in [4.69, 9.17) is 9.47 Å². The quantitative estimate of drug-likeness (QED) is 0.314. The van der Waals surface area contributed by atoms with E-state index in [1.165, 1.54) is 16.9 Å². The second-order valence-electron chi connectivity index (χ2n) is 12.4.